The van der Waals surface area contributed by atoms with Crippen LogP contribution in [0.5, 0.6) is 0 Å². The zero-order chi connectivity index (χ0) is 15.2. The molecule has 0 bridgehead atoms. The number of hydrogen-bond acceptors (Lipinski definition) is 1. The Morgan fingerprint density at radius 3 is 2.33 bits per heavy atom. The molecule has 2 aromatic heterocycles. The van der Waals surface area contributed by atoms with Crippen LogP contribution in [0.1, 0.15) is 5.56 Å². The normalized spacial score (nSPS) is 12.0. The fourth-order valence-corrected chi connectivity index (χ4v) is 2.50. The number of hydrogen-bond donors (Lipinski definition) is 1. The number of rotatable bonds is 1. The minimum atomic E-state index is -4.38. The number of halogens is 4. The van der Waals surface area contributed by atoms with Gasteiger partial charge in [-0.1, -0.05) is 12.1 Å². The molecule has 1 N–H and O–H groups in total. The second kappa shape index (κ2) is 4.77. The van der Waals surface area contributed by atoms with Gasteiger partial charge in [-0.05, 0) is 45.8 Å². The van der Waals surface area contributed by atoms with Gasteiger partial charge in [-0.15, -0.1) is 0 Å². The molecule has 0 unspecified atom stereocenters. The summed E-state index contributed by atoms with van der Waals surface area (Å²) in [4.78, 5) is 14.6. The van der Waals surface area contributed by atoms with Crippen LogP contribution in [0.2, 0.25) is 0 Å². The van der Waals surface area contributed by atoms with E-state index in [2.05, 4.69) is 20.9 Å². The molecule has 0 saturated carbocycles. The van der Waals surface area contributed by atoms with Gasteiger partial charge in [-0.3, -0.25) is 4.79 Å². The summed E-state index contributed by atoms with van der Waals surface area (Å²) in [6.45, 7) is 0. The minimum absolute atomic E-state index is 0.307. The van der Waals surface area contributed by atoms with Gasteiger partial charge < -0.3 is 9.38 Å². The molecule has 0 radical (unpaired) electrons. The summed E-state index contributed by atoms with van der Waals surface area (Å²) >= 11 is 3.31. The highest BCUT2D eigenvalue weighted by Crippen LogP contribution is 2.30. The summed E-state index contributed by atoms with van der Waals surface area (Å²) in [5.41, 5.74) is 0.369. The average Bonchev–Trinajstić information content (AvgIpc) is 2.80. The third-order valence-electron chi connectivity index (χ3n) is 3.13. The molecular weight excluding hydrogens is 349 g/mol. The highest BCUT2D eigenvalue weighted by Gasteiger charge is 2.30. The summed E-state index contributed by atoms with van der Waals surface area (Å²) in [5.74, 6) is 0. The fourth-order valence-electron chi connectivity index (χ4n) is 2.07. The van der Waals surface area contributed by atoms with Crippen LogP contribution in [0.15, 0.2) is 52.0 Å². The van der Waals surface area contributed by atoms with Crippen molar-refractivity contribution in [1.29, 1.82) is 0 Å². The lowest BCUT2D eigenvalue weighted by Crippen LogP contribution is -2.10. The van der Waals surface area contributed by atoms with Crippen molar-refractivity contribution in [2.45, 2.75) is 6.18 Å². The number of aromatic amines is 1. The van der Waals surface area contributed by atoms with E-state index in [4.69, 9.17) is 0 Å². The van der Waals surface area contributed by atoms with E-state index in [0.29, 0.717) is 21.4 Å². The van der Waals surface area contributed by atoms with Crippen molar-refractivity contribution < 1.29 is 13.2 Å². The van der Waals surface area contributed by atoms with Crippen LogP contribution in [0.25, 0.3) is 16.8 Å². The Morgan fingerprint density at radius 1 is 1.05 bits per heavy atom. The lowest BCUT2D eigenvalue weighted by molar-refractivity contribution is -0.137. The zero-order valence-electron chi connectivity index (χ0n) is 10.4. The first-order valence-electron chi connectivity index (χ1n) is 5.94. The molecule has 1 aromatic carbocycles. The Balaban J connectivity index is 2.12. The van der Waals surface area contributed by atoms with Crippen LogP contribution >= 0.6 is 15.9 Å². The predicted octanol–water partition coefficient (Wildman–Crippen LogP) is 4.08. The van der Waals surface area contributed by atoms with Gasteiger partial charge >= 0.3 is 6.18 Å². The quantitative estimate of drug-likeness (QED) is 0.700. The van der Waals surface area contributed by atoms with Gasteiger partial charge in [0, 0.05) is 6.20 Å². The molecule has 0 aliphatic rings. The summed E-state index contributed by atoms with van der Waals surface area (Å²) in [6.07, 6.45) is -2.72. The fraction of sp³-hybridized carbons (Fsp3) is 0.0714. The molecule has 2 heterocycles. The molecule has 3 rings (SSSR count). The van der Waals surface area contributed by atoms with Gasteiger partial charge in [0.2, 0.25) is 0 Å². The van der Waals surface area contributed by atoms with Crippen molar-refractivity contribution in [1.82, 2.24) is 9.38 Å². The number of H-pyrrole nitrogens is 1. The Kier molecular flexibility index (Phi) is 3.16. The van der Waals surface area contributed by atoms with E-state index in [1.165, 1.54) is 12.1 Å². The van der Waals surface area contributed by atoms with Gasteiger partial charge in [0.05, 0.1) is 15.9 Å². The monoisotopic (exact) mass is 356 g/mol. The van der Waals surface area contributed by atoms with E-state index in [0.717, 1.165) is 12.1 Å². The molecule has 7 heteroatoms. The second-order valence-corrected chi connectivity index (χ2v) is 5.30. The van der Waals surface area contributed by atoms with E-state index in [1.54, 1.807) is 22.7 Å². The third-order valence-corrected chi connectivity index (χ3v) is 3.78. The number of nitrogens with zero attached hydrogens (tertiary/aromatic N) is 1. The molecule has 21 heavy (non-hydrogen) atoms. The SMILES string of the molecule is O=c1[nH]c(-c2ccc(C(F)(F)F)cc2)cn2c(Br)ccc12. The molecule has 3 aromatic rings. The lowest BCUT2D eigenvalue weighted by atomic mass is 10.1. The average molecular weight is 357 g/mol. The van der Waals surface area contributed by atoms with Crippen LogP contribution < -0.4 is 5.56 Å². The molecule has 3 nitrogen and oxygen atoms in total. The maximum Gasteiger partial charge on any atom is 0.416 e. The van der Waals surface area contributed by atoms with E-state index in [1.807, 2.05) is 0 Å². The molecular formula is C14H8BrF3N2O. The van der Waals surface area contributed by atoms with Crippen molar-refractivity contribution in [2.75, 3.05) is 0 Å². The topological polar surface area (TPSA) is 37.3 Å². The summed E-state index contributed by atoms with van der Waals surface area (Å²) in [7, 11) is 0. The van der Waals surface area contributed by atoms with Gasteiger partial charge in [0.25, 0.3) is 5.56 Å². The summed E-state index contributed by atoms with van der Waals surface area (Å²) < 4.78 is 39.9. The maximum absolute atomic E-state index is 12.5. The van der Waals surface area contributed by atoms with Crippen molar-refractivity contribution in [3.8, 4) is 11.3 Å². The first-order valence-corrected chi connectivity index (χ1v) is 6.73. The van der Waals surface area contributed by atoms with Crippen LogP contribution in [0, 0.1) is 0 Å². The second-order valence-electron chi connectivity index (χ2n) is 4.48. The molecule has 0 aliphatic heterocycles. The van der Waals surface area contributed by atoms with Crippen LogP contribution in [-0.2, 0) is 6.18 Å². The van der Waals surface area contributed by atoms with E-state index in [9.17, 15) is 18.0 Å². The predicted molar refractivity (Wildman–Crippen MR) is 76.2 cm³/mol. The molecule has 0 amide bonds. The summed E-state index contributed by atoms with van der Waals surface area (Å²) in [6, 6.07) is 8.01. The molecule has 0 atom stereocenters. The lowest BCUT2D eigenvalue weighted by Gasteiger charge is -2.08. The molecule has 108 valence electrons. The molecule has 0 saturated heterocycles. The largest absolute Gasteiger partial charge is 0.416 e. The van der Waals surface area contributed by atoms with Crippen LogP contribution in [0.3, 0.4) is 0 Å². The maximum atomic E-state index is 12.5. The van der Waals surface area contributed by atoms with E-state index >= 15 is 0 Å². The van der Waals surface area contributed by atoms with E-state index in [-0.39, 0.29) is 5.56 Å². The van der Waals surface area contributed by atoms with Crippen LogP contribution in [0.4, 0.5) is 13.2 Å². The summed E-state index contributed by atoms with van der Waals surface area (Å²) in [5, 5.41) is 0. The molecule has 0 fully saturated rings. The van der Waals surface area contributed by atoms with Crippen molar-refractivity contribution in [2.24, 2.45) is 0 Å². The highest BCUT2D eigenvalue weighted by atomic mass is 79.9. The first-order chi connectivity index (χ1) is 9.86. The van der Waals surface area contributed by atoms with Gasteiger partial charge in [-0.2, -0.15) is 13.2 Å². The third kappa shape index (κ3) is 2.49. The first kappa shape index (κ1) is 13.9. The smallest absolute Gasteiger partial charge is 0.319 e. The molecule has 0 aliphatic carbocycles. The van der Waals surface area contributed by atoms with Gasteiger partial charge in [0.15, 0.2) is 0 Å². The Labute approximate surface area is 125 Å². The number of fused-ring (bicyclic) bond motifs is 1. The minimum Gasteiger partial charge on any atom is -0.319 e. The standard InChI is InChI=1S/C14H8BrF3N2O/c15-12-6-5-11-13(21)19-10(7-20(11)12)8-1-3-9(4-2-8)14(16,17)18/h1-7H,(H,19,21). The molecule has 0 spiro atoms. The van der Waals surface area contributed by atoms with Gasteiger partial charge in [0.1, 0.15) is 5.52 Å². The Bertz CT molecular complexity index is 863. The van der Waals surface area contributed by atoms with Crippen LogP contribution in [-0.4, -0.2) is 9.38 Å². The highest BCUT2D eigenvalue weighted by molar-refractivity contribution is 9.10. The zero-order valence-corrected chi connectivity index (χ0v) is 12.0. The van der Waals surface area contributed by atoms with E-state index < -0.39 is 11.7 Å². The Hall–Kier alpha value is -2.02. The number of benzene rings is 1. The van der Waals surface area contributed by atoms with Crippen molar-refractivity contribution in [3.05, 3.63) is 63.1 Å². The Morgan fingerprint density at radius 2 is 1.71 bits per heavy atom. The number of alkyl halides is 3. The number of aromatic nitrogens is 2. The van der Waals surface area contributed by atoms with Crippen molar-refractivity contribution in [3.63, 3.8) is 0 Å². The van der Waals surface area contributed by atoms with Crippen molar-refractivity contribution >= 4 is 21.4 Å². The number of nitrogens with one attached hydrogen (secondary N) is 1. The van der Waals surface area contributed by atoms with Gasteiger partial charge in [-0.25, -0.2) is 0 Å².